The number of aliphatic hydroxyl groups is 1. The molecular weight excluding hydrogens is 283 g/mol. The van der Waals surface area contributed by atoms with Gasteiger partial charge in [0.25, 0.3) is 0 Å². The number of benzene rings is 1. The van der Waals surface area contributed by atoms with Crippen LogP contribution in [0.2, 0.25) is 0 Å². The first-order chi connectivity index (χ1) is 6.60. The third kappa shape index (κ3) is 3.08. The standard InChI is InChI=1S/C9H9BrN2O2.ClH/c10-7-2-5(3-11)1-6(9(7)14)8(12)4-13;/h1-2,8,13-14H,4,12H2;1H/t8-;/m0./s1. The molecule has 1 atom stereocenters. The lowest BCUT2D eigenvalue weighted by atomic mass is 10.0. The second kappa shape index (κ2) is 5.93. The molecule has 0 amide bonds. The van der Waals surface area contributed by atoms with Gasteiger partial charge in [0.2, 0.25) is 0 Å². The molecule has 0 bridgehead atoms. The van der Waals surface area contributed by atoms with Gasteiger partial charge in [-0.05, 0) is 28.1 Å². The highest BCUT2D eigenvalue weighted by atomic mass is 79.9. The molecule has 15 heavy (non-hydrogen) atoms. The minimum atomic E-state index is -0.681. The summed E-state index contributed by atoms with van der Waals surface area (Å²) in [6.45, 7) is -0.283. The third-order valence-corrected chi connectivity index (χ3v) is 2.42. The van der Waals surface area contributed by atoms with Crippen LogP contribution in [-0.4, -0.2) is 16.8 Å². The quantitative estimate of drug-likeness (QED) is 0.769. The van der Waals surface area contributed by atoms with Crippen molar-refractivity contribution < 1.29 is 10.2 Å². The third-order valence-electron chi connectivity index (χ3n) is 1.82. The summed E-state index contributed by atoms with van der Waals surface area (Å²) in [6, 6.07) is 4.20. The van der Waals surface area contributed by atoms with Gasteiger partial charge in [-0.25, -0.2) is 0 Å². The zero-order chi connectivity index (χ0) is 10.7. The molecule has 0 aromatic heterocycles. The molecule has 0 aliphatic carbocycles. The normalized spacial score (nSPS) is 11.3. The summed E-state index contributed by atoms with van der Waals surface area (Å²) in [5, 5.41) is 27.1. The Morgan fingerprint density at radius 3 is 2.60 bits per heavy atom. The molecule has 6 heteroatoms. The number of hydrogen-bond donors (Lipinski definition) is 3. The smallest absolute Gasteiger partial charge is 0.134 e. The molecule has 0 aliphatic heterocycles. The minimum absolute atomic E-state index is 0. The molecule has 0 radical (unpaired) electrons. The molecule has 0 saturated carbocycles. The van der Waals surface area contributed by atoms with Gasteiger partial charge in [-0.3, -0.25) is 0 Å². The first-order valence-corrected chi connectivity index (χ1v) is 4.68. The second-order valence-corrected chi connectivity index (χ2v) is 3.65. The van der Waals surface area contributed by atoms with Gasteiger partial charge in [-0.1, -0.05) is 0 Å². The maximum atomic E-state index is 9.57. The highest BCUT2D eigenvalue weighted by Gasteiger charge is 2.13. The SMILES string of the molecule is Cl.N#Cc1cc(Br)c(O)c([C@@H](N)CO)c1. The molecule has 1 aromatic rings. The van der Waals surface area contributed by atoms with Crippen molar-refractivity contribution in [3.8, 4) is 11.8 Å². The van der Waals surface area contributed by atoms with E-state index < -0.39 is 6.04 Å². The summed E-state index contributed by atoms with van der Waals surface area (Å²) < 4.78 is 0.399. The minimum Gasteiger partial charge on any atom is -0.506 e. The first-order valence-electron chi connectivity index (χ1n) is 3.89. The van der Waals surface area contributed by atoms with E-state index in [1.165, 1.54) is 12.1 Å². The van der Waals surface area contributed by atoms with Crippen LogP contribution in [0, 0.1) is 11.3 Å². The van der Waals surface area contributed by atoms with E-state index in [0.717, 1.165) is 0 Å². The van der Waals surface area contributed by atoms with Gasteiger partial charge >= 0.3 is 0 Å². The fourth-order valence-corrected chi connectivity index (χ4v) is 1.54. The predicted molar refractivity (Wildman–Crippen MR) is 61.8 cm³/mol. The molecule has 82 valence electrons. The zero-order valence-corrected chi connectivity index (χ0v) is 10.0. The monoisotopic (exact) mass is 292 g/mol. The van der Waals surface area contributed by atoms with Gasteiger partial charge in [-0.2, -0.15) is 5.26 Å². The number of aliphatic hydroxyl groups excluding tert-OH is 1. The number of nitrogens with two attached hydrogens (primary N) is 1. The summed E-state index contributed by atoms with van der Waals surface area (Å²) >= 11 is 3.10. The number of hydrogen-bond acceptors (Lipinski definition) is 4. The highest BCUT2D eigenvalue weighted by molar-refractivity contribution is 9.10. The van der Waals surface area contributed by atoms with Crippen molar-refractivity contribution in [2.75, 3.05) is 6.61 Å². The molecule has 4 nitrogen and oxygen atoms in total. The average Bonchev–Trinajstić information content (AvgIpc) is 2.20. The Bertz CT molecular complexity index is 392. The van der Waals surface area contributed by atoms with E-state index in [-0.39, 0.29) is 24.8 Å². The molecule has 0 heterocycles. The zero-order valence-electron chi connectivity index (χ0n) is 7.64. The van der Waals surface area contributed by atoms with Crippen molar-refractivity contribution in [2.45, 2.75) is 6.04 Å². The van der Waals surface area contributed by atoms with E-state index in [0.29, 0.717) is 15.6 Å². The summed E-state index contributed by atoms with van der Waals surface area (Å²) in [5.41, 5.74) is 6.29. The number of nitrogens with zero attached hydrogens (tertiary/aromatic N) is 1. The van der Waals surface area contributed by atoms with E-state index in [1.807, 2.05) is 6.07 Å². The van der Waals surface area contributed by atoms with E-state index >= 15 is 0 Å². The van der Waals surface area contributed by atoms with Crippen LogP contribution in [-0.2, 0) is 0 Å². The molecule has 0 saturated heterocycles. The lowest BCUT2D eigenvalue weighted by molar-refractivity contribution is 0.265. The van der Waals surface area contributed by atoms with Crippen molar-refractivity contribution in [2.24, 2.45) is 5.73 Å². The van der Waals surface area contributed by atoms with E-state index in [2.05, 4.69) is 15.9 Å². The Kier molecular flexibility index (Phi) is 5.61. The Morgan fingerprint density at radius 2 is 2.13 bits per heavy atom. The number of phenolic OH excluding ortho intramolecular Hbond substituents is 1. The van der Waals surface area contributed by atoms with Crippen molar-refractivity contribution in [3.05, 3.63) is 27.7 Å². The summed E-state index contributed by atoms with van der Waals surface area (Å²) in [4.78, 5) is 0. The number of aromatic hydroxyl groups is 1. The number of halogens is 2. The van der Waals surface area contributed by atoms with Gasteiger partial charge in [0.15, 0.2) is 0 Å². The predicted octanol–water partition coefficient (Wildman–Crippen LogP) is 1.44. The number of rotatable bonds is 2. The molecule has 0 unspecified atom stereocenters. The lowest BCUT2D eigenvalue weighted by Crippen LogP contribution is -2.14. The van der Waals surface area contributed by atoms with Crippen LogP contribution in [0.5, 0.6) is 5.75 Å². The Balaban J connectivity index is 0.00000196. The molecule has 1 aromatic carbocycles. The fourth-order valence-electron chi connectivity index (χ4n) is 1.07. The molecular formula is C9H10BrClN2O2. The Morgan fingerprint density at radius 1 is 1.53 bits per heavy atom. The van der Waals surface area contributed by atoms with Gasteiger partial charge in [-0.15, -0.1) is 12.4 Å². The molecule has 0 aliphatic rings. The van der Waals surface area contributed by atoms with Gasteiger partial charge in [0.05, 0.1) is 28.8 Å². The van der Waals surface area contributed by atoms with Crippen LogP contribution in [0.4, 0.5) is 0 Å². The summed E-state index contributed by atoms with van der Waals surface area (Å²) in [5.74, 6) is -0.0365. The number of phenols is 1. The van der Waals surface area contributed by atoms with Crippen molar-refractivity contribution in [3.63, 3.8) is 0 Å². The van der Waals surface area contributed by atoms with Crippen LogP contribution >= 0.6 is 28.3 Å². The fraction of sp³-hybridized carbons (Fsp3) is 0.222. The van der Waals surface area contributed by atoms with Crippen LogP contribution in [0.1, 0.15) is 17.2 Å². The van der Waals surface area contributed by atoms with Crippen LogP contribution < -0.4 is 5.73 Å². The maximum Gasteiger partial charge on any atom is 0.134 e. The topological polar surface area (TPSA) is 90.3 Å². The molecule has 0 fully saturated rings. The Labute approximate surface area is 102 Å². The lowest BCUT2D eigenvalue weighted by Gasteiger charge is -2.12. The molecule has 0 spiro atoms. The van der Waals surface area contributed by atoms with Crippen molar-refractivity contribution in [1.82, 2.24) is 0 Å². The second-order valence-electron chi connectivity index (χ2n) is 2.80. The van der Waals surface area contributed by atoms with Crippen LogP contribution in [0.3, 0.4) is 0 Å². The highest BCUT2D eigenvalue weighted by Crippen LogP contribution is 2.32. The van der Waals surface area contributed by atoms with Crippen molar-refractivity contribution >= 4 is 28.3 Å². The Hall–Kier alpha value is -0.800. The summed E-state index contributed by atoms with van der Waals surface area (Å²) in [7, 11) is 0. The van der Waals surface area contributed by atoms with E-state index in [9.17, 15) is 5.11 Å². The largest absolute Gasteiger partial charge is 0.506 e. The first kappa shape index (κ1) is 14.2. The van der Waals surface area contributed by atoms with Gasteiger partial charge < -0.3 is 15.9 Å². The van der Waals surface area contributed by atoms with Gasteiger partial charge in [0, 0.05) is 5.56 Å². The number of nitriles is 1. The molecule has 1 rings (SSSR count). The average molecular weight is 294 g/mol. The molecule has 4 N–H and O–H groups in total. The summed E-state index contributed by atoms with van der Waals surface area (Å²) in [6.07, 6.45) is 0. The van der Waals surface area contributed by atoms with E-state index in [4.69, 9.17) is 16.1 Å². The van der Waals surface area contributed by atoms with Crippen LogP contribution in [0.15, 0.2) is 16.6 Å². The van der Waals surface area contributed by atoms with Crippen molar-refractivity contribution in [1.29, 1.82) is 5.26 Å². The van der Waals surface area contributed by atoms with Gasteiger partial charge in [0.1, 0.15) is 5.75 Å². The maximum absolute atomic E-state index is 9.57. The van der Waals surface area contributed by atoms with Crippen LogP contribution in [0.25, 0.3) is 0 Å². The van der Waals surface area contributed by atoms with E-state index in [1.54, 1.807) is 0 Å².